The number of fused-ring (bicyclic) bond motifs is 1. The summed E-state index contributed by atoms with van der Waals surface area (Å²) in [7, 11) is -3.82. The molecular weight excluding hydrogens is 474 g/mol. The average molecular weight is 490 g/mol. The average Bonchev–Trinajstić information content (AvgIpc) is 3.27. The van der Waals surface area contributed by atoms with Crippen LogP contribution in [0.4, 0.5) is 10.8 Å². The summed E-state index contributed by atoms with van der Waals surface area (Å²) >= 11 is 7.17. The molecule has 0 aliphatic rings. The maximum absolute atomic E-state index is 12.8. The van der Waals surface area contributed by atoms with E-state index in [4.69, 9.17) is 11.6 Å². The summed E-state index contributed by atoms with van der Waals surface area (Å²) in [6, 6.07) is 10.3. The normalized spacial score (nSPS) is 11.4. The van der Waals surface area contributed by atoms with Gasteiger partial charge in [0.2, 0.25) is 5.43 Å². The molecule has 0 aliphatic heterocycles. The molecule has 9 nitrogen and oxygen atoms in total. The third kappa shape index (κ3) is 4.35. The van der Waals surface area contributed by atoms with Gasteiger partial charge in [0.05, 0.1) is 15.8 Å². The SMILES string of the molecule is CCn1nc(C(=O)Nc2ccc(S(=O)(=O)Nc3nccs3)cc2)c(=O)c2cc(Cl)ccc21. The summed E-state index contributed by atoms with van der Waals surface area (Å²) in [5.41, 5.74) is 0.0414. The zero-order chi connectivity index (χ0) is 22.9. The summed E-state index contributed by atoms with van der Waals surface area (Å²) in [4.78, 5) is 29.5. The minimum Gasteiger partial charge on any atom is -0.320 e. The lowest BCUT2D eigenvalue weighted by atomic mass is 10.2. The largest absolute Gasteiger partial charge is 0.320 e. The van der Waals surface area contributed by atoms with Crippen molar-refractivity contribution in [2.45, 2.75) is 18.4 Å². The van der Waals surface area contributed by atoms with E-state index in [2.05, 4.69) is 20.1 Å². The fraction of sp³-hybridized carbons (Fsp3) is 0.100. The maximum Gasteiger partial charge on any atom is 0.280 e. The number of carbonyl (C=O) groups excluding carboxylic acids is 1. The second kappa shape index (κ2) is 8.69. The third-order valence-corrected chi connectivity index (χ3v) is 6.92. The number of anilines is 2. The summed E-state index contributed by atoms with van der Waals surface area (Å²) < 4.78 is 28.8. The molecule has 2 N–H and O–H groups in total. The fourth-order valence-electron chi connectivity index (χ4n) is 3.01. The highest BCUT2D eigenvalue weighted by Crippen LogP contribution is 2.20. The van der Waals surface area contributed by atoms with Gasteiger partial charge in [-0.25, -0.2) is 13.4 Å². The monoisotopic (exact) mass is 489 g/mol. The van der Waals surface area contributed by atoms with Crippen molar-refractivity contribution < 1.29 is 13.2 Å². The van der Waals surface area contributed by atoms with E-state index in [9.17, 15) is 18.0 Å². The number of carbonyl (C=O) groups is 1. The molecule has 0 saturated carbocycles. The van der Waals surface area contributed by atoms with Crippen molar-refractivity contribution in [3.05, 3.63) is 75.0 Å². The molecule has 2 aromatic carbocycles. The van der Waals surface area contributed by atoms with Gasteiger partial charge < -0.3 is 5.32 Å². The van der Waals surface area contributed by atoms with Crippen LogP contribution in [0.5, 0.6) is 0 Å². The zero-order valence-electron chi connectivity index (χ0n) is 16.6. The van der Waals surface area contributed by atoms with E-state index in [0.29, 0.717) is 22.8 Å². The zero-order valence-corrected chi connectivity index (χ0v) is 19.0. The van der Waals surface area contributed by atoms with Gasteiger partial charge in [-0.3, -0.25) is 19.0 Å². The number of amides is 1. The number of hydrogen-bond acceptors (Lipinski definition) is 7. The molecule has 2 heterocycles. The Morgan fingerprint density at radius 1 is 1.19 bits per heavy atom. The Balaban J connectivity index is 1.60. The molecule has 0 fully saturated rings. The Kier molecular flexibility index (Phi) is 5.96. The molecule has 12 heteroatoms. The van der Waals surface area contributed by atoms with Gasteiger partial charge in [0.25, 0.3) is 15.9 Å². The molecule has 2 aromatic heterocycles. The van der Waals surface area contributed by atoms with Crippen LogP contribution in [-0.4, -0.2) is 29.1 Å². The van der Waals surface area contributed by atoms with Crippen molar-refractivity contribution in [1.29, 1.82) is 0 Å². The number of sulfonamides is 1. The Bertz CT molecular complexity index is 1470. The summed E-state index contributed by atoms with van der Waals surface area (Å²) in [5.74, 6) is -0.712. The minimum absolute atomic E-state index is 0.00231. The first-order chi connectivity index (χ1) is 15.3. The number of thiazole rings is 1. The number of benzene rings is 2. The molecule has 0 atom stereocenters. The smallest absolute Gasteiger partial charge is 0.280 e. The van der Waals surface area contributed by atoms with Gasteiger partial charge in [0.15, 0.2) is 10.8 Å². The Labute approximate surface area is 191 Å². The third-order valence-electron chi connectivity index (χ3n) is 4.51. The van der Waals surface area contributed by atoms with Crippen LogP contribution in [0.1, 0.15) is 17.4 Å². The van der Waals surface area contributed by atoms with Crippen molar-refractivity contribution in [2.75, 3.05) is 10.0 Å². The van der Waals surface area contributed by atoms with Crippen LogP contribution >= 0.6 is 22.9 Å². The maximum atomic E-state index is 12.8. The van der Waals surface area contributed by atoms with Gasteiger partial charge in [0, 0.05) is 28.8 Å². The van der Waals surface area contributed by atoms with Crippen LogP contribution in [0.2, 0.25) is 5.02 Å². The standard InChI is InChI=1S/C20H16ClN5O4S2/c1-2-26-16-8-3-12(21)11-15(16)18(27)17(24-26)19(28)23-13-4-6-14(7-5-13)32(29,30)25-20-22-9-10-31-20/h3-11H,2H2,1H3,(H,22,25)(H,23,28). The quantitative estimate of drug-likeness (QED) is 0.426. The number of halogens is 1. The molecule has 0 bridgehead atoms. The fourth-order valence-corrected chi connectivity index (χ4v) is 4.97. The number of hydrogen-bond donors (Lipinski definition) is 2. The highest BCUT2D eigenvalue weighted by atomic mass is 35.5. The molecule has 0 aliphatic carbocycles. The lowest BCUT2D eigenvalue weighted by molar-refractivity contribution is 0.101. The van der Waals surface area contributed by atoms with E-state index in [0.717, 1.165) is 11.3 Å². The van der Waals surface area contributed by atoms with Gasteiger partial charge in [-0.15, -0.1) is 11.3 Å². The van der Waals surface area contributed by atoms with Crippen molar-refractivity contribution in [1.82, 2.24) is 14.8 Å². The van der Waals surface area contributed by atoms with Crippen molar-refractivity contribution in [3.63, 3.8) is 0 Å². The molecule has 0 radical (unpaired) electrons. The molecule has 4 aromatic rings. The predicted octanol–water partition coefficient (Wildman–Crippen LogP) is 3.58. The van der Waals surface area contributed by atoms with Crippen molar-refractivity contribution in [2.24, 2.45) is 0 Å². The molecule has 4 rings (SSSR count). The molecule has 0 saturated heterocycles. The van der Waals surface area contributed by atoms with Gasteiger partial charge in [-0.1, -0.05) is 11.6 Å². The van der Waals surface area contributed by atoms with E-state index < -0.39 is 21.4 Å². The molecular formula is C20H16ClN5O4S2. The first-order valence-corrected chi connectivity index (χ1v) is 12.1. The van der Waals surface area contributed by atoms with Crippen LogP contribution in [0, 0.1) is 0 Å². The van der Waals surface area contributed by atoms with E-state index in [-0.39, 0.29) is 21.1 Å². The lowest BCUT2D eigenvalue weighted by Crippen LogP contribution is -2.27. The second-order valence-electron chi connectivity index (χ2n) is 6.58. The van der Waals surface area contributed by atoms with E-state index in [1.165, 1.54) is 36.5 Å². The van der Waals surface area contributed by atoms with Crippen LogP contribution in [-0.2, 0) is 16.6 Å². The summed E-state index contributed by atoms with van der Waals surface area (Å²) in [6.45, 7) is 2.28. The number of nitrogens with one attached hydrogen (secondary N) is 2. The van der Waals surface area contributed by atoms with Crippen LogP contribution in [0.25, 0.3) is 10.9 Å². The number of nitrogens with zero attached hydrogens (tertiary/aromatic N) is 3. The highest BCUT2D eigenvalue weighted by molar-refractivity contribution is 7.93. The second-order valence-corrected chi connectivity index (χ2v) is 9.59. The molecule has 1 amide bonds. The number of aryl methyl sites for hydroxylation is 1. The number of aromatic nitrogens is 3. The summed E-state index contributed by atoms with van der Waals surface area (Å²) in [5, 5.41) is 9.32. The van der Waals surface area contributed by atoms with Crippen LogP contribution < -0.4 is 15.5 Å². The summed E-state index contributed by atoms with van der Waals surface area (Å²) in [6.07, 6.45) is 1.49. The van der Waals surface area contributed by atoms with Crippen LogP contribution in [0.3, 0.4) is 0 Å². The van der Waals surface area contributed by atoms with Crippen molar-refractivity contribution >= 4 is 60.6 Å². The molecule has 0 unspecified atom stereocenters. The topological polar surface area (TPSA) is 123 Å². The number of rotatable bonds is 6. The Morgan fingerprint density at radius 3 is 2.59 bits per heavy atom. The van der Waals surface area contributed by atoms with Gasteiger partial charge >= 0.3 is 0 Å². The Hall–Kier alpha value is -3.28. The highest BCUT2D eigenvalue weighted by Gasteiger charge is 2.19. The van der Waals surface area contributed by atoms with E-state index >= 15 is 0 Å². The Morgan fingerprint density at radius 2 is 1.94 bits per heavy atom. The molecule has 0 spiro atoms. The van der Waals surface area contributed by atoms with Gasteiger partial charge in [-0.2, -0.15) is 5.10 Å². The first-order valence-electron chi connectivity index (χ1n) is 9.32. The van der Waals surface area contributed by atoms with E-state index in [1.54, 1.807) is 22.2 Å². The molecule has 32 heavy (non-hydrogen) atoms. The minimum atomic E-state index is -3.82. The lowest BCUT2D eigenvalue weighted by Gasteiger charge is -2.11. The van der Waals surface area contributed by atoms with Gasteiger partial charge in [-0.05, 0) is 49.4 Å². The molecule has 164 valence electrons. The van der Waals surface area contributed by atoms with Crippen LogP contribution in [0.15, 0.2) is 63.7 Å². The van der Waals surface area contributed by atoms with E-state index in [1.807, 2.05) is 6.92 Å². The predicted molar refractivity (Wildman–Crippen MR) is 124 cm³/mol. The van der Waals surface area contributed by atoms with Gasteiger partial charge in [0.1, 0.15) is 0 Å². The van der Waals surface area contributed by atoms with Crippen molar-refractivity contribution in [3.8, 4) is 0 Å². The first kappa shape index (κ1) is 21.9.